The average Bonchev–Trinajstić information content (AvgIpc) is 2.67. The molecule has 8 heteroatoms. The number of aromatic hydroxyl groups is 1. The second-order valence-corrected chi connectivity index (χ2v) is 5.99. The number of anilines is 1. The molecule has 142 valence electrons. The first-order chi connectivity index (χ1) is 13.0. The van der Waals surface area contributed by atoms with Crippen molar-refractivity contribution < 1.29 is 23.8 Å². The number of morpholine rings is 1. The lowest BCUT2D eigenvalue weighted by Crippen LogP contribution is -2.37. The van der Waals surface area contributed by atoms with Gasteiger partial charge in [0.25, 0.3) is 0 Å². The Labute approximate surface area is 155 Å². The van der Waals surface area contributed by atoms with Gasteiger partial charge in [-0.1, -0.05) is 0 Å². The summed E-state index contributed by atoms with van der Waals surface area (Å²) in [6.07, 6.45) is 1.21. The van der Waals surface area contributed by atoms with Gasteiger partial charge in [0, 0.05) is 25.4 Å². The van der Waals surface area contributed by atoms with Crippen LogP contribution in [0.4, 0.5) is 11.4 Å². The summed E-state index contributed by atoms with van der Waals surface area (Å²) < 4.78 is 15.2. The monoisotopic (exact) mass is 372 g/mol. The standard InChI is InChI=1S/C19H20N2O6/c1-12-9-17(22)15(19(24)27-12)11-20-13-3-4-16(14(10-13)18(23)25-2)21-5-7-26-8-6-21/h3-4,9-11,22H,5-8H2,1-2H3. The first-order valence-electron chi connectivity index (χ1n) is 8.42. The number of aliphatic imine (C=N–C) groups is 1. The Kier molecular flexibility index (Phi) is 5.56. The third-order valence-corrected chi connectivity index (χ3v) is 4.17. The summed E-state index contributed by atoms with van der Waals surface area (Å²) in [6.45, 7) is 4.08. The average molecular weight is 372 g/mol. The van der Waals surface area contributed by atoms with Crippen LogP contribution in [0, 0.1) is 6.92 Å². The minimum Gasteiger partial charge on any atom is -0.507 e. The van der Waals surface area contributed by atoms with E-state index in [0.717, 1.165) is 5.69 Å². The number of hydrogen-bond acceptors (Lipinski definition) is 8. The van der Waals surface area contributed by atoms with Crippen molar-refractivity contribution in [1.82, 2.24) is 0 Å². The van der Waals surface area contributed by atoms with Crippen LogP contribution in [0.3, 0.4) is 0 Å². The molecule has 0 saturated carbocycles. The SMILES string of the molecule is COC(=O)c1cc(N=Cc2c(O)cc(C)oc2=O)ccc1N1CCOCC1. The van der Waals surface area contributed by atoms with E-state index in [4.69, 9.17) is 13.9 Å². The van der Waals surface area contributed by atoms with Gasteiger partial charge < -0.3 is 23.9 Å². The highest BCUT2D eigenvalue weighted by Crippen LogP contribution is 2.27. The molecule has 0 radical (unpaired) electrons. The molecule has 1 aromatic carbocycles. The number of carbonyl (C=O) groups excluding carboxylic acids is 1. The fourth-order valence-electron chi connectivity index (χ4n) is 2.82. The van der Waals surface area contributed by atoms with Gasteiger partial charge in [0.05, 0.1) is 37.3 Å². The van der Waals surface area contributed by atoms with Crippen LogP contribution < -0.4 is 10.5 Å². The molecule has 1 aromatic heterocycles. The van der Waals surface area contributed by atoms with E-state index in [9.17, 15) is 14.7 Å². The number of esters is 1. The van der Waals surface area contributed by atoms with E-state index >= 15 is 0 Å². The second kappa shape index (κ2) is 8.05. The van der Waals surface area contributed by atoms with E-state index in [1.165, 1.54) is 19.4 Å². The van der Waals surface area contributed by atoms with Gasteiger partial charge in [0.2, 0.25) is 0 Å². The smallest absolute Gasteiger partial charge is 0.348 e. The second-order valence-electron chi connectivity index (χ2n) is 5.99. The van der Waals surface area contributed by atoms with Crippen molar-refractivity contribution in [2.45, 2.75) is 6.92 Å². The Bertz CT molecular complexity index is 928. The summed E-state index contributed by atoms with van der Waals surface area (Å²) in [5, 5.41) is 9.90. The molecular formula is C19H20N2O6. The number of carbonyl (C=O) groups is 1. The van der Waals surface area contributed by atoms with Crippen LogP contribution in [0.15, 0.2) is 38.5 Å². The Morgan fingerprint density at radius 2 is 2.04 bits per heavy atom. The van der Waals surface area contributed by atoms with E-state index < -0.39 is 11.6 Å². The zero-order valence-corrected chi connectivity index (χ0v) is 15.1. The number of rotatable bonds is 4. The number of nitrogens with zero attached hydrogens (tertiary/aromatic N) is 2. The molecule has 0 spiro atoms. The van der Waals surface area contributed by atoms with Crippen LogP contribution in [0.5, 0.6) is 5.75 Å². The predicted molar refractivity (Wildman–Crippen MR) is 99.4 cm³/mol. The lowest BCUT2D eigenvalue weighted by molar-refractivity contribution is 0.0600. The van der Waals surface area contributed by atoms with Gasteiger partial charge >= 0.3 is 11.6 Å². The molecule has 3 rings (SSSR count). The van der Waals surface area contributed by atoms with Crippen LogP contribution in [-0.4, -0.2) is 50.7 Å². The van der Waals surface area contributed by atoms with Crippen molar-refractivity contribution in [3.05, 3.63) is 51.6 Å². The highest BCUT2D eigenvalue weighted by Gasteiger charge is 2.20. The predicted octanol–water partition coefficient (Wildman–Crippen LogP) is 2.03. The molecule has 1 saturated heterocycles. The number of benzene rings is 1. The van der Waals surface area contributed by atoms with Crippen molar-refractivity contribution in [2.75, 3.05) is 38.3 Å². The summed E-state index contributed by atoms with van der Waals surface area (Å²) in [5.74, 6) is -0.394. The molecule has 2 heterocycles. The third-order valence-electron chi connectivity index (χ3n) is 4.17. The fraction of sp³-hybridized carbons (Fsp3) is 0.316. The molecule has 1 N–H and O–H groups in total. The van der Waals surface area contributed by atoms with Crippen molar-refractivity contribution in [2.24, 2.45) is 4.99 Å². The van der Waals surface area contributed by atoms with E-state index in [2.05, 4.69) is 4.99 Å². The maximum absolute atomic E-state index is 12.2. The Morgan fingerprint density at radius 1 is 1.30 bits per heavy atom. The molecule has 2 aromatic rings. The van der Waals surface area contributed by atoms with Gasteiger partial charge in [-0.25, -0.2) is 9.59 Å². The van der Waals surface area contributed by atoms with Crippen molar-refractivity contribution in [3.8, 4) is 5.75 Å². The minimum atomic E-state index is -0.686. The van der Waals surface area contributed by atoms with Gasteiger partial charge in [-0.2, -0.15) is 0 Å². The molecule has 1 fully saturated rings. The Balaban J connectivity index is 1.95. The third kappa shape index (κ3) is 4.17. The van der Waals surface area contributed by atoms with Gasteiger partial charge in [-0.05, 0) is 25.1 Å². The van der Waals surface area contributed by atoms with Gasteiger partial charge in [-0.15, -0.1) is 0 Å². The van der Waals surface area contributed by atoms with Crippen LogP contribution in [0.2, 0.25) is 0 Å². The number of methoxy groups -OCH3 is 1. The van der Waals surface area contributed by atoms with E-state index in [1.807, 2.05) is 4.90 Å². The molecule has 27 heavy (non-hydrogen) atoms. The van der Waals surface area contributed by atoms with Gasteiger partial charge in [0.15, 0.2) is 0 Å². The zero-order chi connectivity index (χ0) is 19.4. The normalized spacial score (nSPS) is 14.5. The summed E-state index contributed by atoms with van der Waals surface area (Å²) in [7, 11) is 1.32. The molecule has 8 nitrogen and oxygen atoms in total. The van der Waals surface area contributed by atoms with Gasteiger partial charge in [-0.3, -0.25) is 4.99 Å². The van der Waals surface area contributed by atoms with Crippen molar-refractivity contribution >= 4 is 23.6 Å². The Morgan fingerprint density at radius 3 is 2.70 bits per heavy atom. The molecule has 1 aliphatic rings. The highest BCUT2D eigenvalue weighted by molar-refractivity contribution is 5.97. The lowest BCUT2D eigenvalue weighted by Gasteiger charge is -2.30. The number of hydrogen-bond donors (Lipinski definition) is 1. The molecule has 0 amide bonds. The highest BCUT2D eigenvalue weighted by atomic mass is 16.5. The first kappa shape index (κ1) is 18.7. The summed E-state index contributed by atoms with van der Waals surface area (Å²) >= 11 is 0. The van der Waals surface area contributed by atoms with E-state index in [-0.39, 0.29) is 11.3 Å². The topological polar surface area (TPSA) is 102 Å². The molecule has 0 bridgehead atoms. The number of ether oxygens (including phenoxy) is 2. The summed E-state index contributed by atoms with van der Waals surface area (Å²) in [4.78, 5) is 30.3. The lowest BCUT2D eigenvalue weighted by atomic mass is 10.1. The van der Waals surface area contributed by atoms with Crippen LogP contribution in [-0.2, 0) is 9.47 Å². The molecule has 0 aliphatic carbocycles. The molecular weight excluding hydrogens is 352 g/mol. The first-order valence-corrected chi connectivity index (χ1v) is 8.42. The van der Waals surface area contributed by atoms with E-state index in [0.29, 0.717) is 43.3 Å². The van der Waals surface area contributed by atoms with Gasteiger partial charge in [0.1, 0.15) is 17.1 Å². The summed E-state index contributed by atoms with van der Waals surface area (Å²) in [6, 6.07) is 6.42. The largest absolute Gasteiger partial charge is 0.507 e. The summed E-state index contributed by atoms with van der Waals surface area (Å²) in [5.41, 5.74) is 0.801. The maximum atomic E-state index is 12.2. The van der Waals surface area contributed by atoms with Crippen LogP contribution in [0.25, 0.3) is 0 Å². The minimum absolute atomic E-state index is 0.0579. The number of aryl methyl sites for hydroxylation is 1. The quantitative estimate of drug-likeness (QED) is 0.647. The molecule has 0 unspecified atom stereocenters. The van der Waals surface area contributed by atoms with Crippen molar-refractivity contribution in [3.63, 3.8) is 0 Å². The molecule has 1 aliphatic heterocycles. The molecule has 0 atom stereocenters. The van der Waals surface area contributed by atoms with Crippen LogP contribution >= 0.6 is 0 Å². The van der Waals surface area contributed by atoms with Crippen molar-refractivity contribution in [1.29, 1.82) is 0 Å². The zero-order valence-electron chi connectivity index (χ0n) is 15.1. The van der Waals surface area contributed by atoms with Crippen LogP contribution in [0.1, 0.15) is 21.7 Å². The maximum Gasteiger partial charge on any atom is 0.348 e. The fourth-order valence-corrected chi connectivity index (χ4v) is 2.82. The van der Waals surface area contributed by atoms with E-state index in [1.54, 1.807) is 25.1 Å². The Hall–Kier alpha value is -3.13.